The van der Waals surface area contributed by atoms with Crippen molar-refractivity contribution in [2.75, 3.05) is 13.1 Å². The van der Waals surface area contributed by atoms with E-state index in [1.807, 2.05) is 6.92 Å². The molecule has 1 heterocycles. The Balaban J connectivity index is 2.02. The quantitative estimate of drug-likeness (QED) is 0.688. The zero-order valence-electron chi connectivity index (χ0n) is 11.9. The Morgan fingerprint density at radius 2 is 2.19 bits per heavy atom. The van der Waals surface area contributed by atoms with Crippen LogP contribution in [0.2, 0.25) is 0 Å². The number of nitrogens with zero attached hydrogens (tertiary/aromatic N) is 2. The van der Waals surface area contributed by atoms with Gasteiger partial charge >= 0.3 is 0 Å². The van der Waals surface area contributed by atoms with E-state index in [1.165, 1.54) is 6.07 Å². The number of halogens is 2. The third-order valence-electron chi connectivity index (χ3n) is 3.86. The Hall–Kier alpha value is -1.98. The first-order valence-corrected chi connectivity index (χ1v) is 6.97. The molecular formula is C15H18F2N2O2. The largest absolute Gasteiger partial charge is 0.411 e. The van der Waals surface area contributed by atoms with Gasteiger partial charge in [-0.1, -0.05) is 18.1 Å². The van der Waals surface area contributed by atoms with Crippen LogP contribution in [0, 0.1) is 17.6 Å². The second-order valence-electron chi connectivity index (χ2n) is 5.21. The average Bonchev–Trinajstić information content (AvgIpc) is 2.50. The lowest BCUT2D eigenvalue weighted by Crippen LogP contribution is -2.44. The molecule has 6 heteroatoms. The molecule has 2 rings (SSSR count). The van der Waals surface area contributed by atoms with E-state index in [9.17, 15) is 13.6 Å². The van der Waals surface area contributed by atoms with Gasteiger partial charge in [0, 0.05) is 25.4 Å². The standard InChI is InChI=1S/C15H18F2N2O2/c1-2-11-9-19(6-5-14(11)18-21)15(20)8-10-3-4-12(16)13(17)7-10/h3-4,7,11,21H,2,5-6,8-9H2,1H3/b18-14+. The molecule has 1 amide bonds. The summed E-state index contributed by atoms with van der Waals surface area (Å²) in [5.74, 6) is -1.94. The fourth-order valence-electron chi connectivity index (χ4n) is 2.58. The van der Waals surface area contributed by atoms with Gasteiger partial charge in [-0.2, -0.15) is 0 Å². The first-order valence-electron chi connectivity index (χ1n) is 6.97. The highest BCUT2D eigenvalue weighted by Crippen LogP contribution is 2.19. The molecular weight excluding hydrogens is 278 g/mol. The molecule has 0 saturated carbocycles. The number of hydrogen-bond acceptors (Lipinski definition) is 3. The molecule has 0 bridgehead atoms. The molecule has 0 aliphatic carbocycles. The van der Waals surface area contributed by atoms with Gasteiger partial charge in [-0.3, -0.25) is 4.79 Å². The lowest BCUT2D eigenvalue weighted by Gasteiger charge is -2.33. The molecule has 1 aromatic carbocycles. The van der Waals surface area contributed by atoms with Crippen molar-refractivity contribution < 1.29 is 18.8 Å². The number of amides is 1. The van der Waals surface area contributed by atoms with Gasteiger partial charge in [0.1, 0.15) is 0 Å². The summed E-state index contributed by atoms with van der Waals surface area (Å²) in [6.45, 7) is 2.95. The van der Waals surface area contributed by atoms with Crippen molar-refractivity contribution in [3.63, 3.8) is 0 Å². The Morgan fingerprint density at radius 3 is 2.81 bits per heavy atom. The van der Waals surface area contributed by atoms with E-state index in [0.29, 0.717) is 25.1 Å². The lowest BCUT2D eigenvalue weighted by atomic mass is 9.93. The lowest BCUT2D eigenvalue weighted by molar-refractivity contribution is -0.131. The topological polar surface area (TPSA) is 52.9 Å². The van der Waals surface area contributed by atoms with Crippen LogP contribution in [0.25, 0.3) is 0 Å². The van der Waals surface area contributed by atoms with E-state index in [4.69, 9.17) is 5.21 Å². The summed E-state index contributed by atoms with van der Waals surface area (Å²) >= 11 is 0. The molecule has 1 aliphatic rings. The maximum atomic E-state index is 13.1. The van der Waals surface area contributed by atoms with Gasteiger partial charge in [-0.05, 0) is 24.1 Å². The van der Waals surface area contributed by atoms with E-state index >= 15 is 0 Å². The Kier molecular flexibility index (Phi) is 4.88. The highest BCUT2D eigenvalue weighted by Gasteiger charge is 2.27. The Labute approximate surface area is 122 Å². The van der Waals surface area contributed by atoms with Crippen molar-refractivity contribution in [3.8, 4) is 0 Å². The van der Waals surface area contributed by atoms with Gasteiger partial charge in [0.2, 0.25) is 5.91 Å². The molecule has 1 aliphatic heterocycles. The molecule has 1 atom stereocenters. The predicted octanol–water partition coefficient (Wildman–Crippen LogP) is 2.60. The number of benzene rings is 1. The second-order valence-corrected chi connectivity index (χ2v) is 5.21. The summed E-state index contributed by atoms with van der Waals surface area (Å²) in [5.41, 5.74) is 1.17. The highest BCUT2D eigenvalue weighted by molar-refractivity contribution is 5.89. The summed E-state index contributed by atoms with van der Waals surface area (Å²) in [4.78, 5) is 13.9. The third kappa shape index (κ3) is 3.56. The normalized spacial score (nSPS) is 20.8. The molecule has 0 aromatic heterocycles. The van der Waals surface area contributed by atoms with Gasteiger partial charge in [0.05, 0.1) is 12.1 Å². The second kappa shape index (κ2) is 6.65. The zero-order valence-corrected chi connectivity index (χ0v) is 11.9. The van der Waals surface area contributed by atoms with Crippen LogP contribution in [0.1, 0.15) is 25.3 Å². The molecule has 114 valence electrons. The maximum Gasteiger partial charge on any atom is 0.227 e. The molecule has 0 spiro atoms. The van der Waals surface area contributed by atoms with Crippen LogP contribution >= 0.6 is 0 Å². The molecule has 4 nitrogen and oxygen atoms in total. The fraction of sp³-hybridized carbons (Fsp3) is 0.467. The van der Waals surface area contributed by atoms with E-state index in [-0.39, 0.29) is 18.2 Å². The number of hydrogen-bond donors (Lipinski definition) is 1. The van der Waals surface area contributed by atoms with E-state index in [0.717, 1.165) is 24.3 Å². The maximum absolute atomic E-state index is 13.1. The Bertz CT molecular complexity index is 561. The van der Waals surface area contributed by atoms with Gasteiger partial charge in [0.15, 0.2) is 11.6 Å². The number of piperidine rings is 1. The zero-order chi connectivity index (χ0) is 15.4. The van der Waals surface area contributed by atoms with Gasteiger partial charge < -0.3 is 10.1 Å². The van der Waals surface area contributed by atoms with Crippen molar-refractivity contribution in [2.45, 2.75) is 26.2 Å². The van der Waals surface area contributed by atoms with Gasteiger partial charge in [-0.25, -0.2) is 8.78 Å². The van der Waals surface area contributed by atoms with Crippen LogP contribution in [-0.2, 0) is 11.2 Å². The average molecular weight is 296 g/mol. The summed E-state index contributed by atoms with van der Waals surface area (Å²) in [5, 5.41) is 12.2. The molecule has 0 radical (unpaired) electrons. The van der Waals surface area contributed by atoms with Crippen LogP contribution in [0.3, 0.4) is 0 Å². The van der Waals surface area contributed by atoms with Crippen LogP contribution < -0.4 is 0 Å². The van der Waals surface area contributed by atoms with Gasteiger partial charge in [0.25, 0.3) is 0 Å². The summed E-state index contributed by atoms with van der Waals surface area (Å²) in [6.07, 6.45) is 1.37. The smallest absolute Gasteiger partial charge is 0.227 e. The minimum Gasteiger partial charge on any atom is -0.411 e. The number of oxime groups is 1. The summed E-state index contributed by atoms with van der Waals surface area (Å²) < 4.78 is 26.0. The van der Waals surface area contributed by atoms with E-state index < -0.39 is 11.6 Å². The van der Waals surface area contributed by atoms with Gasteiger partial charge in [-0.15, -0.1) is 0 Å². The highest BCUT2D eigenvalue weighted by atomic mass is 19.2. The van der Waals surface area contributed by atoms with Crippen molar-refractivity contribution in [1.29, 1.82) is 0 Å². The fourth-order valence-corrected chi connectivity index (χ4v) is 2.58. The van der Waals surface area contributed by atoms with Crippen LogP contribution in [0.4, 0.5) is 8.78 Å². The van der Waals surface area contributed by atoms with Crippen LogP contribution in [-0.4, -0.2) is 34.8 Å². The molecule has 1 N–H and O–H groups in total. The number of rotatable bonds is 3. The van der Waals surface area contributed by atoms with Crippen molar-refractivity contribution in [2.24, 2.45) is 11.1 Å². The first-order chi connectivity index (χ1) is 10.0. The predicted molar refractivity (Wildman–Crippen MR) is 74.3 cm³/mol. The van der Waals surface area contributed by atoms with Crippen molar-refractivity contribution in [1.82, 2.24) is 4.90 Å². The molecule has 1 unspecified atom stereocenters. The number of likely N-dealkylation sites (tertiary alicyclic amines) is 1. The summed E-state index contributed by atoms with van der Waals surface area (Å²) in [7, 11) is 0. The first kappa shape index (κ1) is 15.4. The Morgan fingerprint density at radius 1 is 1.43 bits per heavy atom. The summed E-state index contributed by atoms with van der Waals surface area (Å²) in [6, 6.07) is 3.49. The third-order valence-corrected chi connectivity index (χ3v) is 3.86. The van der Waals surface area contributed by atoms with E-state index in [2.05, 4.69) is 5.16 Å². The molecule has 1 saturated heterocycles. The van der Waals surface area contributed by atoms with Crippen molar-refractivity contribution in [3.05, 3.63) is 35.4 Å². The number of carbonyl (C=O) groups is 1. The van der Waals surface area contributed by atoms with Crippen LogP contribution in [0.5, 0.6) is 0 Å². The minimum atomic E-state index is -0.944. The molecule has 1 aromatic rings. The molecule has 21 heavy (non-hydrogen) atoms. The van der Waals surface area contributed by atoms with Crippen molar-refractivity contribution >= 4 is 11.6 Å². The van der Waals surface area contributed by atoms with Crippen LogP contribution in [0.15, 0.2) is 23.4 Å². The monoisotopic (exact) mass is 296 g/mol. The minimum absolute atomic E-state index is 0.0409. The molecule has 1 fully saturated rings. The number of carbonyl (C=O) groups excluding carboxylic acids is 1. The van der Waals surface area contributed by atoms with E-state index in [1.54, 1.807) is 4.90 Å². The SMILES string of the molecule is CCC1CN(C(=O)Cc2ccc(F)c(F)c2)CC/C1=N\O.